The van der Waals surface area contributed by atoms with Gasteiger partial charge in [-0.15, -0.1) is 0 Å². The van der Waals surface area contributed by atoms with Gasteiger partial charge in [0.15, 0.2) is 0 Å². The Morgan fingerprint density at radius 3 is 2.94 bits per heavy atom. The van der Waals surface area contributed by atoms with Crippen LogP contribution in [-0.2, 0) is 4.74 Å². The molecule has 0 bridgehead atoms. The first-order valence-electron chi connectivity index (χ1n) is 5.65. The van der Waals surface area contributed by atoms with Gasteiger partial charge in [0.25, 0.3) is 5.91 Å². The molecule has 0 aromatic carbocycles. The number of methoxy groups -OCH3 is 1. The Kier molecular flexibility index (Phi) is 3.97. The standard InChI is InChI=1S/C12H15ClN2O2/c1-17-8-7-15(9-5-6-9)12(16)10-3-2-4-11(13)14-10/h2-4,9H,5-8H2,1H3. The molecule has 92 valence electrons. The van der Waals surface area contributed by atoms with Crippen LogP contribution in [0, 0.1) is 0 Å². The molecule has 1 aliphatic rings. The van der Waals surface area contributed by atoms with Crippen LogP contribution in [0.3, 0.4) is 0 Å². The molecule has 1 heterocycles. The van der Waals surface area contributed by atoms with Crippen molar-refractivity contribution in [2.75, 3.05) is 20.3 Å². The van der Waals surface area contributed by atoms with Crippen molar-refractivity contribution in [2.45, 2.75) is 18.9 Å². The van der Waals surface area contributed by atoms with E-state index in [-0.39, 0.29) is 5.91 Å². The van der Waals surface area contributed by atoms with Crippen LogP contribution < -0.4 is 0 Å². The third kappa shape index (κ3) is 3.17. The lowest BCUT2D eigenvalue weighted by molar-refractivity contribution is 0.0674. The van der Waals surface area contributed by atoms with E-state index in [1.54, 1.807) is 25.3 Å². The molecule has 17 heavy (non-hydrogen) atoms. The molecule has 1 aliphatic carbocycles. The number of pyridine rings is 1. The third-order valence-corrected chi connectivity index (χ3v) is 2.93. The Morgan fingerprint density at radius 2 is 2.35 bits per heavy atom. The highest BCUT2D eigenvalue weighted by atomic mass is 35.5. The fourth-order valence-corrected chi connectivity index (χ4v) is 1.86. The second-order valence-corrected chi connectivity index (χ2v) is 4.46. The van der Waals surface area contributed by atoms with Crippen molar-refractivity contribution in [3.8, 4) is 0 Å². The van der Waals surface area contributed by atoms with Gasteiger partial charge in [-0.05, 0) is 25.0 Å². The molecule has 0 atom stereocenters. The van der Waals surface area contributed by atoms with Crippen LogP contribution in [0.25, 0.3) is 0 Å². The van der Waals surface area contributed by atoms with Crippen LogP contribution in [0.1, 0.15) is 23.3 Å². The summed E-state index contributed by atoms with van der Waals surface area (Å²) in [6, 6.07) is 5.44. The van der Waals surface area contributed by atoms with Crippen LogP contribution in [-0.4, -0.2) is 42.1 Å². The first-order valence-corrected chi connectivity index (χ1v) is 6.02. The minimum atomic E-state index is -0.0629. The van der Waals surface area contributed by atoms with Gasteiger partial charge in [0, 0.05) is 19.7 Å². The lowest BCUT2D eigenvalue weighted by Gasteiger charge is -2.21. The Balaban J connectivity index is 2.10. The van der Waals surface area contributed by atoms with Crippen LogP contribution in [0.15, 0.2) is 18.2 Å². The number of ether oxygens (including phenoxy) is 1. The van der Waals surface area contributed by atoms with Gasteiger partial charge in [0.2, 0.25) is 0 Å². The molecule has 1 saturated carbocycles. The molecule has 1 fully saturated rings. The second kappa shape index (κ2) is 5.47. The Labute approximate surface area is 106 Å². The van der Waals surface area contributed by atoms with E-state index in [1.165, 1.54) is 0 Å². The molecular weight excluding hydrogens is 240 g/mol. The van der Waals surface area contributed by atoms with Crippen molar-refractivity contribution in [1.82, 2.24) is 9.88 Å². The predicted octanol–water partition coefficient (Wildman–Crippen LogP) is 1.99. The van der Waals surface area contributed by atoms with Crippen molar-refractivity contribution in [3.63, 3.8) is 0 Å². The SMILES string of the molecule is COCCN(C(=O)c1cccc(Cl)n1)C1CC1. The highest BCUT2D eigenvalue weighted by Crippen LogP contribution is 2.27. The highest BCUT2D eigenvalue weighted by Gasteiger charge is 2.33. The van der Waals surface area contributed by atoms with Crippen LogP contribution in [0.5, 0.6) is 0 Å². The van der Waals surface area contributed by atoms with E-state index in [2.05, 4.69) is 4.98 Å². The lowest BCUT2D eigenvalue weighted by atomic mass is 10.3. The zero-order chi connectivity index (χ0) is 12.3. The number of halogens is 1. The summed E-state index contributed by atoms with van der Waals surface area (Å²) in [5, 5.41) is 0.346. The maximum atomic E-state index is 12.2. The molecule has 4 nitrogen and oxygen atoms in total. The van der Waals surface area contributed by atoms with Crippen molar-refractivity contribution in [1.29, 1.82) is 0 Å². The molecule has 0 radical (unpaired) electrons. The smallest absolute Gasteiger partial charge is 0.272 e. The van der Waals surface area contributed by atoms with Gasteiger partial charge in [-0.1, -0.05) is 17.7 Å². The summed E-state index contributed by atoms with van der Waals surface area (Å²) in [7, 11) is 1.63. The van der Waals surface area contributed by atoms with E-state index < -0.39 is 0 Å². The molecule has 2 rings (SSSR count). The minimum absolute atomic E-state index is 0.0629. The average molecular weight is 255 g/mol. The van der Waals surface area contributed by atoms with Crippen LogP contribution in [0.4, 0.5) is 0 Å². The van der Waals surface area contributed by atoms with E-state index in [1.807, 2.05) is 4.90 Å². The van der Waals surface area contributed by atoms with Gasteiger partial charge in [0.1, 0.15) is 10.8 Å². The number of aromatic nitrogens is 1. The Bertz CT molecular complexity index is 407. The molecule has 0 spiro atoms. The van der Waals surface area contributed by atoms with Gasteiger partial charge in [-0.25, -0.2) is 4.98 Å². The monoisotopic (exact) mass is 254 g/mol. The normalized spacial score (nSPS) is 14.7. The molecule has 5 heteroatoms. The maximum absolute atomic E-state index is 12.2. The minimum Gasteiger partial charge on any atom is -0.383 e. The zero-order valence-corrected chi connectivity index (χ0v) is 10.5. The molecule has 0 saturated heterocycles. The molecule has 1 aromatic rings. The number of amides is 1. The van der Waals surface area contributed by atoms with Gasteiger partial charge < -0.3 is 9.64 Å². The Morgan fingerprint density at radius 1 is 1.59 bits per heavy atom. The first-order chi connectivity index (χ1) is 8.22. The molecule has 1 amide bonds. The van der Waals surface area contributed by atoms with Gasteiger partial charge in [-0.3, -0.25) is 4.79 Å². The second-order valence-electron chi connectivity index (χ2n) is 4.07. The van der Waals surface area contributed by atoms with Crippen molar-refractivity contribution in [3.05, 3.63) is 29.0 Å². The number of rotatable bonds is 5. The predicted molar refractivity (Wildman–Crippen MR) is 65.2 cm³/mol. The summed E-state index contributed by atoms with van der Waals surface area (Å²) in [6.07, 6.45) is 2.13. The summed E-state index contributed by atoms with van der Waals surface area (Å²) >= 11 is 5.79. The number of nitrogens with zero attached hydrogens (tertiary/aromatic N) is 2. The van der Waals surface area contributed by atoms with E-state index in [0.717, 1.165) is 12.8 Å². The number of hydrogen-bond acceptors (Lipinski definition) is 3. The quantitative estimate of drug-likeness (QED) is 0.755. The van der Waals surface area contributed by atoms with Crippen LogP contribution >= 0.6 is 11.6 Å². The lowest BCUT2D eigenvalue weighted by Crippen LogP contribution is -2.36. The molecule has 0 N–H and O–H groups in total. The van der Waals surface area contributed by atoms with E-state index in [9.17, 15) is 4.79 Å². The summed E-state index contributed by atoms with van der Waals surface area (Å²) in [4.78, 5) is 18.1. The summed E-state index contributed by atoms with van der Waals surface area (Å²) in [6.45, 7) is 1.15. The topological polar surface area (TPSA) is 42.4 Å². The van der Waals surface area contributed by atoms with Crippen molar-refractivity contribution >= 4 is 17.5 Å². The number of carbonyl (C=O) groups is 1. The molecule has 0 unspecified atom stereocenters. The van der Waals surface area contributed by atoms with Gasteiger partial charge in [-0.2, -0.15) is 0 Å². The van der Waals surface area contributed by atoms with Crippen molar-refractivity contribution < 1.29 is 9.53 Å². The first kappa shape index (κ1) is 12.3. The molecular formula is C12H15ClN2O2. The largest absolute Gasteiger partial charge is 0.383 e. The summed E-state index contributed by atoms with van der Waals surface area (Å²) in [5.41, 5.74) is 0.403. The van der Waals surface area contributed by atoms with E-state index in [4.69, 9.17) is 16.3 Å². The average Bonchev–Trinajstić information content (AvgIpc) is 3.14. The number of hydrogen-bond donors (Lipinski definition) is 0. The fourth-order valence-electron chi connectivity index (χ4n) is 1.70. The van der Waals surface area contributed by atoms with Gasteiger partial charge in [0.05, 0.1) is 6.61 Å². The third-order valence-electron chi connectivity index (χ3n) is 2.72. The Hall–Kier alpha value is -1.13. The van der Waals surface area contributed by atoms with Crippen molar-refractivity contribution in [2.24, 2.45) is 0 Å². The molecule has 1 aromatic heterocycles. The fraction of sp³-hybridized carbons (Fsp3) is 0.500. The highest BCUT2D eigenvalue weighted by molar-refractivity contribution is 6.29. The zero-order valence-electron chi connectivity index (χ0n) is 9.73. The van der Waals surface area contributed by atoms with E-state index in [0.29, 0.717) is 30.0 Å². The summed E-state index contributed by atoms with van der Waals surface area (Å²) < 4.78 is 5.02. The van der Waals surface area contributed by atoms with Gasteiger partial charge >= 0.3 is 0 Å². The molecule has 0 aliphatic heterocycles. The van der Waals surface area contributed by atoms with E-state index >= 15 is 0 Å². The van der Waals surface area contributed by atoms with Crippen LogP contribution in [0.2, 0.25) is 5.15 Å². The summed E-state index contributed by atoms with van der Waals surface area (Å²) in [5.74, 6) is -0.0629. The maximum Gasteiger partial charge on any atom is 0.272 e. The number of carbonyl (C=O) groups excluding carboxylic acids is 1.